The molecule has 1 unspecified atom stereocenters. The van der Waals surface area contributed by atoms with Gasteiger partial charge in [-0.3, -0.25) is 10.3 Å². The normalized spacial score (nSPS) is 18.4. The van der Waals surface area contributed by atoms with Gasteiger partial charge in [0.05, 0.1) is 11.1 Å². The molecule has 0 spiro atoms. The van der Waals surface area contributed by atoms with Crippen molar-refractivity contribution in [2.75, 3.05) is 51.1 Å². The molecule has 0 radical (unpaired) electrons. The quantitative estimate of drug-likeness (QED) is 0.204. The number of alkyl halides is 3. The second-order valence-corrected chi connectivity index (χ2v) is 10.6. The van der Waals surface area contributed by atoms with E-state index in [1.807, 2.05) is 23.1 Å². The first-order chi connectivity index (χ1) is 18.1. The molecule has 0 bridgehead atoms. The average molecular weight is 569 g/mol. The summed E-state index contributed by atoms with van der Waals surface area (Å²) in [6.45, 7) is 4.86. The van der Waals surface area contributed by atoms with E-state index in [2.05, 4.69) is 25.5 Å². The summed E-state index contributed by atoms with van der Waals surface area (Å²) >= 11 is 12.0. The standard InChI is InChI=1S/C25H29Cl2F3N8/c26-15-1-3-19-17(9-15)16-5-7-37(8-6-34-21-4-2-18(27)23(36-21)25(28,29)30)20(22(16)35-19)11-33-10-14-12-38(13-14)24(31)32/h1-4,9,14,20,33,35H,5-8,10-13H2,(H3,31,32)(H,34,36). The fourth-order valence-corrected chi connectivity index (χ4v) is 5.66. The van der Waals surface area contributed by atoms with Crippen LogP contribution in [-0.4, -0.2) is 71.5 Å². The number of hydrogen-bond acceptors (Lipinski definition) is 5. The van der Waals surface area contributed by atoms with Crippen molar-refractivity contribution < 1.29 is 13.2 Å². The van der Waals surface area contributed by atoms with Crippen molar-refractivity contribution in [2.45, 2.75) is 18.6 Å². The van der Waals surface area contributed by atoms with E-state index in [4.69, 9.17) is 34.3 Å². The first-order valence-electron chi connectivity index (χ1n) is 12.4. The zero-order valence-corrected chi connectivity index (χ0v) is 22.0. The van der Waals surface area contributed by atoms with Gasteiger partial charge in [-0.05, 0) is 42.3 Å². The third kappa shape index (κ3) is 5.66. The first-order valence-corrected chi connectivity index (χ1v) is 13.2. The van der Waals surface area contributed by atoms with Gasteiger partial charge in [0.15, 0.2) is 11.7 Å². The van der Waals surface area contributed by atoms with E-state index in [9.17, 15) is 13.2 Å². The summed E-state index contributed by atoms with van der Waals surface area (Å²) < 4.78 is 39.6. The average Bonchev–Trinajstić information content (AvgIpc) is 3.19. The molecule has 6 N–H and O–H groups in total. The molecule has 5 rings (SSSR count). The third-order valence-corrected chi connectivity index (χ3v) is 7.75. The van der Waals surface area contributed by atoms with Crippen LogP contribution in [0.1, 0.15) is 23.0 Å². The molecule has 2 aromatic heterocycles. The van der Waals surface area contributed by atoms with Gasteiger partial charge >= 0.3 is 6.18 Å². The highest BCUT2D eigenvalue weighted by Gasteiger charge is 2.36. The lowest BCUT2D eigenvalue weighted by atomic mass is 9.96. The lowest BCUT2D eigenvalue weighted by Gasteiger charge is -2.40. The van der Waals surface area contributed by atoms with Gasteiger partial charge in [-0.25, -0.2) is 4.98 Å². The Bertz CT molecular complexity index is 1320. The van der Waals surface area contributed by atoms with E-state index in [1.165, 1.54) is 17.7 Å². The van der Waals surface area contributed by atoms with Crippen molar-refractivity contribution in [1.82, 2.24) is 25.1 Å². The molecule has 1 aromatic carbocycles. The van der Waals surface area contributed by atoms with Gasteiger partial charge in [0, 0.05) is 73.4 Å². The van der Waals surface area contributed by atoms with Gasteiger partial charge in [0.25, 0.3) is 0 Å². The highest BCUT2D eigenvalue weighted by atomic mass is 35.5. The topological polar surface area (TPSA) is 109 Å². The molecule has 13 heteroatoms. The van der Waals surface area contributed by atoms with Crippen LogP contribution in [0.2, 0.25) is 10.0 Å². The van der Waals surface area contributed by atoms with Gasteiger partial charge < -0.3 is 26.3 Å². The van der Waals surface area contributed by atoms with E-state index in [-0.39, 0.29) is 17.8 Å². The maximum Gasteiger partial charge on any atom is 0.434 e. The summed E-state index contributed by atoms with van der Waals surface area (Å²) in [7, 11) is 0. The van der Waals surface area contributed by atoms with Crippen molar-refractivity contribution in [1.29, 1.82) is 5.41 Å². The maximum atomic E-state index is 13.2. The predicted molar refractivity (Wildman–Crippen MR) is 144 cm³/mol. The monoisotopic (exact) mass is 568 g/mol. The van der Waals surface area contributed by atoms with Crippen molar-refractivity contribution in [2.24, 2.45) is 11.7 Å². The number of H-pyrrole nitrogens is 1. The summed E-state index contributed by atoms with van der Waals surface area (Å²) in [5.41, 5.74) is 7.86. The Hall–Kier alpha value is -2.73. The van der Waals surface area contributed by atoms with Crippen LogP contribution in [0, 0.1) is 11.3 Å². The number of fused-ring (bicyclic) bond motifs is 3. The van der Waals surface area contributed by atoms with Gasteiger partial charge in [-0.2, -0.15) is 13.2 Å². The van der Waals surface area contributed by atoms with Crippen LogP contribution >= 0.6 is 23.2 Å². The second-order valence-electron chi connectivity index (χ2n) is 9.77. The van der Waals surface area contributed by atoms with Crippen LogP contribution in [0.5, 0.6) is 0 Å². The molecular formula is C25H29Cl2F3N8. The van der Waals surface area contributed by atoms with Crippen LogP contribution < -0.4 is 16.4 Å². The number of rotatable bonds is 8. The van der Waals surface area contributed by atoms with Crippen LogP contribution in [0.25, 0.3) is 10.9 Å². The zero-order valence-electron chi connectivity index (χ0n) is 20.5. The summed E-state index contributed by atoms with van der Waals surface area (Å²) in [6, 6.07) is 8.55. The SMILES string of the molecule is N=C(N)N1CC(CNCC2c3[nH]c4ccc(Cl)cc4c3CCN2CCNc2ccc(Cl)c(C(F)(F)F)n2)C1. The Morgan fingerprint density at radius 3 is 2.71 bits per heavy atom. The Balaban J connectivity index is 1.28. The first kappa shape index (κ1) is 26.9. The maximum absolute atomic E-state index is 13.2. The van der Waals surface area contributed by atoms with Crippen molar-refractivity contribution >= 4 is 45.9 Å². The minimum Gasteiger partial charge on any atom is -0.370 e. The van der Waals surface area contributed by atoms with Crippen molar-refractivity contribution in [3.8, 4) is 0 Å². The minimum absolute atomic E-state index is 0.0413. The van der Waals surface area contributed by atoms with Crippen LogP contribution in [-0.2, 0) is 12.6 Å². The van der Waals surface area contributed by atoms with Crippen LogP contribution in [0.4, 0.5) is 19.0 Å². The fraction of sp³-hybridized carbons (Fsp3) is 0.440. The lowest BCUT2D eigenvalue weighted by molar-refractivity contribution is -0.141. The van der Waals surface area contributed by atoms with Crippen LogP contribution in [0.3, 0.4) is 0 Å². The smallest absolute Gasteiger partial charge is 0.370 e. The third-order valence-electron chi connectivity index (χ3n) is 7.21. The number of anilines is 1. The number of aromatic amines is 1. The number of hydrogen-bond donors (Lipinski definition) is 5. The molecule has 4 heterocycles. The van der Waals surface area contributed by atoms with Gasteiger partial charge in [0.1, 0.15) is 5.82 Å². The number of guanidine groups is 1. The number of pyridine rings is 1. The van der Waals surface area contributed by atoms with E-state index in [0.717, 1.165) is 49.2 Å². The molecule has 2 aliphatic rings. The number of likely N-dealkylation sites (tertiary alicyclic amines) is 1. The highest BCUT2D eigenvalue weighted by Crippen LogP contribution is 2.36. The summed E-state index contributed by atoms with van der Waals surface area (Å²) in [6.07, 6.45) is -3.78. The number of nitrogens with zero attached hydrogens (tertiary/aromatic N) is 3. The zero-order chi connectivity index (χ0) is 27.0. The molecule has 1 saturated heterocycles. The molecule has 2 aliphatic heterocycles. The minimum atomic E-state index is -4.62. The van der Waals surface area contributed by atoms with Gasteiger partial charge in [-0.1, -0.05) is 23.2 Å². The highest BCUT2D eigenvalue weighted by molar-refractivity contribution is 6.31. The molecule has 38 heavy (non-hydrogen) atoms. The summed E-state index contributed by atoms with van der Waals surface area (Å²) in [5.74, 6) is 0.665. The molecule has 1 atom stereocenters. The fourth-order valence-electron chi connectivity index (χ4n) is 5.27. The molecule has 0 amide bonds. The largest absolute Gasteiger partial charge is 0.434 e. The van der Waals surface area contributed by atoms with E-state index >= 15 is 0 Å². The number of nitrogens with two attached hydrogens (primary N) is 1. The van der Waals surface area contributed by atoms with Gasteiger partial charge in [-0.15, -0.1) is 0 Å². The lowest BCUT2D eigenvalue weighted by Crippen LogP contribution is -2.55. The van der Waals surface area contributed by atoms with Crippen molar-refractivity contribution in [3.63, 3.8) is 0 Å². The predicted octanol–water partition coefficient (Wildman–Crippen LogP) is 4.31. The molecular weight excluding hydrogens is 540 g/mol. The second kappa shape index (κ2) is 10.8. The number of nitrogens with one attached hydrogen (secondary N) is 4. The summed E-state index contributed by atoms with van der Waals surface area (Å²) in [4.78, 5) is 11.4. The van der Waals surface area contributed by atoms with E-state index in [1.54, 1.807) is 0 Å². The molecule has 1 fully saturated rings. The molecule has 8 nitrogen and oxygen atoms in total. The Morgan fingerprint density at radius 2 is 1.97 bits per heavy atom. The van der Waals surface area contributed by atoms with Gasteiger partial charge in [0.2, 0.25) is 0 Å². The van der Waals surface area contributed by atoms with E-state index < -0.39 is 16.9 Å². The Labute approximate surface area is 228 Å². The molecule has 0 saturated carbocycles. The summed E-state index contributed by atoms with van der Waals surface area (Å²) in [5, 5.41) is 15.5. The Kier molecular flexibility index (Phi) is 7.63. The number of aromatic nitrogens is 2. The van der Waals surface area contributed by atoms with Crippen LogP contribution in [0.15, 0.2) is 30.3 Å². The Morgan fingerprint density at radius 1 is 1.18 bits per heavy atom. The number of halogens is 5. The molecule has 0 aliphatic carbocycles. The molecule has 3 aromatic rings. The van der Waals surface area contributed by atoms with E-state index in [0.29, 0.717) is 30.6 Å². The number of benzene rings is 1. The molecule has 204 valence electrons. The van der Waals surface area contributed by atoms with Crippen molar-refractivity contribution in [3.05, 3.63) is 57.3 Å².